The molecule has 1 aromatic carbocycles. The molecule has 6 heteroatoms. The van der Waals surface area contributed by atoms with Crippen molar-refractivity contribution in [1.82, 2.24) is 4.90 Å². The van der Waals surface area contributed by atoms with Gasteiger partial charge in [-0.15, -0.1) is 11.3 Å². The first kappa shape index (κ1) is 14.0. The second kappa shape index (κ2) is 5.42. The number of nitrogens with zero attached hydrogens (tertiary/aromatic N) is 1. The average Bonchev–Trinajstić information content (AvgIpc) is 3.07. The minimum atomic E-state index is -0.124. The molecule has 0 aliphatic carbocycles. The number of carbonyl (C=O) groups excluding carboxylic acids is 1. The van der Waals surface area contributed by atoms with E-state index in [1.807, 2.05) is 12.1 Å². The van der Waals surface area contributed by atoms with E-state index in [-0.39, 0.29) is 5.91 Å². The van der Waals surface area contributed by atoms with Crippen LogP contribution in [0.3, 0.4) is 0 Å². The highest BCUT2D eigenvalue weighted by molar-refractivity contribution is 7.21. The van der Waals surface area contributed by atoms with Crippen molar-refractivity contribution in [3.63, 3.8) is 0 Å². The minimum absolute atomic E-state index is 0.124. The first-order valence-corrected chi connectivity index (χ1v) is 7.51. The molecule has 0 atom stereocenters. The van der Waals surface area contributed by atoms with Crippen molar-refractivity contribution < 1.29 is 9.21 Å². The Morgan fingerprint density at radius 1 is 1.43 bits per heavy atom. The molecule has 4 nitrogen and oxygen atoms in total. The summed E-state index contributed by atoms with van der Waals surface area (Å²) in [6, 6.07) is 9.08. The zero-order chi connectivity index (χ0) is 15.0. The second-order valence-corrected chi connectivity index (χ2v) is 6.21. The molecule has 0 bridgehead atoms. The highest BCUT2D eigenvalue weighted by Crippen LogP contribution is 2.35. The van der Waals surface area contributed by atoms with Crippen LogP contribution in [0.2, 0.25) is 5.02 Å². The lowest BCUT2D eigenvalue weighted by Crippen LogP contribution is -2.25. The predicted octanol–water partition coefficient (Wildman–Crippen LogP) is 4.00. The second-order valence-electron chi connectivity index (χ2n) is 4.73. The highest BCUT2D eigenvalue weighted by atomic mass is 35.5. The van der Waals surface area contributed by atoms with Crippen molar-refractivity contribution in [2.24, 2.45) is 0 Å². The van der Waals surface area contributed by atoms with Gasteiger partial charge in [0.2, 0.25) is 0 Å². The molecule has 0 aliphatic rings. The quantitative estimate of drug-likeness (QED) is 0.793. The molecule has 0 aliphatic heterocycles. The molecule has 0 saturated heterocycles. The fourth-order valence-electron chi connectivity index (χ4n) is 2.13. The molecular weight excluding hydrogens is 308 g/mol. The van der Waals surface area contributed by atoms with Gasteiger partial charge in [0.15, 0.2) is 0 Å². The molecule has 3 rings (SSSR count). The van der Waals surface area contributed by atoms with E-state index in [1.165, 1.54) is 11.3 Å². The zero-order valence-electron chi connectivity index (χ0n) is 11.3. The zero-order valence-corrected chi connectivity index (χ0v) is 12.9. The SMILES string of the molecule is CN(Cc1ccco1)C(=O)c1sc2ccc(Cl)cc2c1N. The summed E-state index contributed by atoms with van der Waals surface area (Å²) in [4.78, 5) is 14.6. The van der Waals surface area contributed by atoms with Crippen LogP contribution in [0.5, 0.6) is 0 Å². The topological polar surface area (TPSA) is 59.5 Å². The Morgan fingerprint density at radius 3 is 2.95 bits per heavy atom. The van der Waals surface area contributed by atoms with E-state index in [1.54, 1.807) is 36.4 Å². The Morgan fingerprint density at radius 2 is 2.24 bits per heavy atom. The normalized spacial score (nSPS) is 11.0. The van der Waals surface area contributed by atoms with Crippen LogP contribution in [-0.4, -0.2) is 17.9 Å². The van der Waals surface area contributed by atoms with Crippen LogP contribution in [0.25, 0.3) is 10.1 Å². The third-order valence-corrected chi connectivity index (χ3v) is 4.61. The summed E-state index contributed by atoms with van der Waals surface area (Å²) in [6.45, 7) is 0.403. The predicted molar refractivity (Wildman–Crippen MR) is 85.8 cm³/mol. The van der Waals surface area contributed by atoms with Crippen LogP contribution in [0.1, 0.15) is 15.4 Å². The molecule has 2 heterocycles. The smallest absolute Gasteiger partial charge is 0.266 e. The molecular formula is C15H13ClN2O2S. The van der Waals surface area contributed by atoms with E-state index in [2.05, 4.69) is 0 Å². The van der Waals surface area contributed by atoms with E-state index in [0.717, 1.165) is 15.8 Å². The van der Waals surface area contributed by atoms with Crippen molar-refractivity contribution in [3.05, 3.63) is 52.3 Å². The largest absolute Gasteiger partial charge is 0.467 e. The van der Waals surface area contributed by atoms with Gasteiger partial charge in [0.05, 0.1) is 18.5 Å². The number of nitrogen functional groups attached to an aromatic ring is 1. The van der Waals surface area contributed by atoms with Gasteiger partial charge in [0.25, 0.3) is 5.91 Å². The van der Waals surface area contributed by atoms with E-state index >= 15 is 0 Å². The summed E-state index contributed by atoms with van der Waals surface area (Å²) in [6.07, 6.45) is 1.59. The number of fused-ring (bicyclic) bond motifs is 1. The van der Waals surface area contributed by atoms with Gasteiger partial charge < -0.3 is 15.1 Å². The molecule has 0 saturated carbocycles. The number of anilines is 1. The molecule has 0 unspecified atom stereocenters. The fourth-order valence-corrected chi connectivity index (χ4v) is 3.40. The van der Waals surface area contributed by atoms with Crippen molar-refractivity contribution in [3.8, 4) is 0 Å². The first-order chi connectivity index (χ1) is 10.1. The van der Waals surface area contributed by atoms with Gasteiger partial charge in [-0.05, 0) is 30.3 Å². The van der Waals surface area contributed by atoms with Gasteiger partial charge in [-0.2, -0.15) is 0 Å². The Hall–Kier alpha value is -1.98. The van der Waals surface area contributed by atoms with E-state index < -0.39 is 0 Å². The molecule has 108 valence electrons. The number of nitrogens with two attached hydrogens (primary N) is 1. The molecule has 0 fully saturated rings. The number of carbonyl (C=O) groups is 1. The Bertz CT molecular complexity index is 795. The number of amides is 1. The number of halogens is 1. The molecule has 2 aromatic heterocycles. The van der Waals surface area contributed by atoms with Crippen LogP contribution in [0, 0.1) is 0 Å². The van der Waals surface area contributed by atoms with Gasteiger partial charge in [0, 0.05) is 22.2 Å². The number of thiophene rings is 1. The molecule has 3 aromatic rings. The first-order valence-electron chi connectivity index (χ1n) is 6.31. The van der Waals surface area contributed by atoms with Gasteiger partial charge >= 0.3 is 0 Å². The standard InChI is InChI=1S/C15H13ClN2O2S/c1-18(8-10-3-2-6-20-10)15(19)14-13(17)11-7-9(16)4-5-12(11)21-14/h2-7H,8,17H2,1H3. The van der Waals surface area contributed by atoms with Crippen LogP contribution >= 0.6 is 22.9 Å². The molecule has 2 N–H and O–H groups in total. The van der Waals surface area contributed by atoms with Crippen molar-refractivity contribution in [2.75, 3.05) is 12.8 Å². The van der Waals surface area contributed by atoms with Crippen molar-refractivity contribution >= 4 is 44.6 Å². The Labute approximate surface area is 130 Å². The van der Waals surface area contributed by atoms with Crippen LogP contribution in [-0.2, 0) is 6.54 Å². The molecule has 1 amide bonds. The van der Waals surface area contributed by atoms with Gasteiger partial charge in [-0.1, -0.05) is 11.6 Å². The monoisotopic (exact) mass is 320 g/mol. The van der Waals surface area contributed by atoms with E-state index in [4.69, 9.17) is 21.8 Å². The van der Waals surface area contributed by atoms with Crippen molar-refractivity contribution in [2.45, 2.75) is 6.54 Å². The lowest BCUT2D eigenvalue weighted by Gasteiger charge is -2.14. The Kier molecular flexibility index (Phi) is 3.61. The van der Waals surface area contributed by atoms with Crippen molar-refractivity contribution in [1.29, 1.82) is 0 Å². The average molecular weight is 321 g/mol. The van der Waals surface area contributed by atoms with Gasteiger partial charge in [-0.25, -0.2) is 0 Å². The maximum absolute atomic E-state index is 12.5. The Balaban J connectivity index is 1.92. The highest BCUT2D eigenvalue weighted by Gasteiger charge is 2.20. The van der Waals surface area contributed by atoms with E-state index in [0.29, 0.717) is 22.1 Å². The number of hydrogen-bond donors (Lipinski definition) is 1. The molecule has 21 heavy (non-hydrogen) atoms. The summed E-state index contributed by atoms with van der Waals surface area (Å²) in [7, 11) is 1.72. The summed E-state index contributed by atoms with van der Waals surface area (Å²) in [5, 5.41) is 1.43. The lowest BCUT2D eigenvalue weighted by atomic mass is 10.2. The van der Waals surface area contributed by atoms with Crippen LogP contribution in [0.15, 0.2) is 41.0 Å². The number of hydrogen-bond acceptors (Lipinski definition) is 4. The summed E-state index contributed by atoms with van der Waals surface area (Å²) >= 11 is 7.35. The lowest BCUT2D eigenvalue weighted by molar-refractivity contribution is 0.0781. The molecule has 0 spiro atoms. The number of benzene rings is 1. The fraction of sp³-hybridized carbons (Fsp3) is 0.133. The number of rotatable bonds is 3. The van der Waals surface area contributed by atoms with Gasteiger partial charge in [0.1, 0.15) is 10.6 Å². The van der Waals surface area contributed by atoms with Gasteiger partial charge in [-0.3, -0.25) is 4.79 Å². The third kappa shape index (κ3) is 2.62. The molecule has 0 radical (unpaired) electrons. The van der Waals surface area contributed by atoms with Crippen LogP contribution in [0.4, 0.5) is 5.69 Å². The van der Waals surface area contributed by atoms with Crippen LogP contribution < -0.4 is 5.73 Å². The maximum Gasteiger partial charge on any atom is 0.266 e. The van der Waals surface area contributed by atoms with E-state index in [9.17, 15) is 4.79 Å². The summed E-state index contributed by atoms with van der Waals surface area (Å²) in [5.41, 5.74) is 6.58. The third-order valence-electron chi connectivity index (χ3n) is 3.20. The number of furan rings is 1. The summed E-state index contributed by atoms with van der Waals surface area (Å²) in [5.74, 6) is 0.606. The summed E-state index contributed by atoms with van der Waals surface area (Å²) < 4.78 is 6.21. The maximum atomic E-state index is 12.5. The minimum Gasteiger partial charge on any atom is -0.467 e.